The standard InChI is InChI=1S/C32H44N6O5/c1-7-17-35(6)28(40)25-26-29(41)38(24(19-39)21(5)9-3)27(32(26)16-15-31(25,10-4)43-32)30(42)36(18-8-2)20-37-23-14-12-11-13-22(23)33-34-37/h7-8,11-14,21,24-27,39H,1-2,9-10,15-20H2,3-6H3/t21-,24-,25+,26-,27?,31-,32?/m0/s1. The largest absolute Gasteiger partial charge is 0.394 e. The number of fused-ring (bicyclic) bond motifs is 2. The molecule has 3 aliphatic rings. The number of hydrogen-bond acceptors (Lipinski definition) is 7. The van der Waals surface area contributed by atoms with Gasteiger partial charge in [0.1, 0.15) is 23.8 Å². The summed E-state index contributed by atoms with van der Waals surface area (Å²) in [5, 5.41) is 19.2. The van der Waals surface area contributed by atoms with Crippen molar-refractivity contribution in [3.05, 3.63) is 49.6 Å². The van der Waals surface area contributed by atoms with Gasteiger partial charge in [-0.25, -0.2) is 4.68 Å². The number of ether oxygens (including phenoxy) is 1. The van der Waals surface area contributed by atoms with E-state index in [0.717, 1.165) is 5.52 Å². The third kappa shape index (κ3) is 4.68. The number of carbonyl (C=O) groups excluding carboxylic acids is 3. The van der Waals surface area contributed by atoms with Crippen LogP contribution < -0.4 is 0 Å². The lowest BCUT2D eigenvalue weighted by molar-refractivity contribution is -0.159. The van der Waals surface area contributed by atoms with Gasteiger partial charge < -0.3 is 24.5 Å². The zero-order valence-corrected chi connectivity index (χ0v) is 25.7. The zero-order chi connectivity index (χ0) is 31.1. The summed E-state index contributed by atoms with van der Waals surface area (Å²) in [7, 11) is 1.70. The molecule has 11 nitrogen and oxygen atoms in total. The number of para-hydroxylation sites is 1. The average molecular weight is 593 g/mol. The molecule has 3 aliphatic heterocycles. The Hall–Kier alpha value is -3.57. The summed E-state index contributed by atoms with van der Waals surface area (Å²) in [5.41, 5.74) is -0.584. The number of benzene rings is 1. The summed E-state index contributed by atoms with van der Waals surface area (Å²) in [6.07, 6.45) is 5.55. The molecule has 5 rings (SSSR count). The lowest BCUT2D eigenvalue weighted by Crippen LogP contribution is -2.60. The topological polar surface area (TPSA) is 121 Å². The fourth-order valence-electron chi connectivity index (χ4n) is 7.73. The molecule has 3 fully saturated rings. The zero-order valence-electron chi connectivity index (χ0n) is 25.7. The highest BCUT2D eigenvalue weighted by Gasteiger charge is 2.79. The molecule has 1 aromatic heterocycles. The predicted molar refractivity (Wildman–Crippen MR) is 161 cm³/mol. The fourth-order valence-corrected chi connectivity index (χ4v) is 7.73. The molecule has 3 amide bonds. The maximum absolute atomic E-state index is 14.9. The molecule has 7 atom stereocenters. The Morgan fingerprint density at radius 3 is 2.56 bits per heavy atom. The van der Waals surface area contributed by atoms with E-state index in [0.29, 0.717) is 37.7 Å². The summed E-state index contributed by atoms with van der Waals surface area (Å²) in [6, 6.07) is 5.86. The van der Waals surface area contributed by atoms with Gasteiger partial charge in [-0.15, -0.1) is 18.3 Å². The fraction of sp³-hybridized carbons (Fsp3) is 0.594. The normalized spacial score (nSPS) is 29.0. The van der Waals surface area contributed by atoms with Gasteiger partial charge in [0.25, 0.3) is 0 Å². The number of amides is 3. The van der Waals surface area contributed by atoms with Crippen molar-refractivity contribution in [3.63, 3.8) is 0 Å². The Kier molecular flexibility index (Phi) is 8.50. The maximum Gasteiger partial charge on any atom is 0.250 e. The van der Waals surface area contributed by atoms with E-state index >= 15 is 0 Å². The molecule has 0 aliphatic carbocycles. The molecule has 3 saturated heterocycles. The summed E-state index contributed by atoms with van der Waals surface area (Å²) >= 11 is 0. The van der Waals surface area contributed by atoms with Gasteiger partial charge in [-0.1, -0.05) is 56.7 Å². The molecule has 43 heavy (non-hydrogen) atoms. The first-order valence-corrected chi connectivity index (χ1v) is 15.3. The summed E-state index contributed by atoms with van der Waals surface area (Å²) in [6.45, 7) is 13.9. The van der Waals surface area contributed by atoms with Crippen molar-refractivity contribution >= 4 is 28.8 Å². The van der Waals surface area contributed by atoms with Crippen molar-refractivity contribution in [2.75, 3.05) is 26.7 Å². The molecule has 0 radical (unpaired) electrons. The van der Waals surface area contributed by atoms with Crippen LogP contribution in [0.3, 0.4) is 0 Å². The first-order valence-electron chi connectivity index (χ1n) is 15.3. The molecule has 0 saturated carbocycles. The highest BCUT2D eigenvalue weighted by molar-refractivity contribution is 5.99. The molecule has 1 N–H and O–H groups in total. The number of carbonyl (C=O) groups is 3. The highest BCUT2D eigenvalue weighted by atomic mass is 16.5. The second-order valence-electron chi connectivity index (χ2n) is 12.3. The number of aromatic nitrogens is 3. The molecule has 2 unspecified atom stereocenters. The molecule has 11 heteroatoms. The van der Waals surface area contributed by atoms with Crippen LogP contribution in [0, 0.1) is 17.8 Å². The van der Waals surface area contributed by atoms with E-state index in [2.05, 4.69) is 23.5 Å². The molecular formula is C32H44N6O5. The predicted octanol–water partition coefficient (Wildman–Crippen LogP) is 2.61. The lowest BCUT2D eigenvalue weighted by atomic mass is 9.64. The second-order valence-corrected chi connectivity index (χ2v) is 12.3. The highest BCUT2D eigenvalue weighted by Crippen LogP contribution is 2.65. The SMILES string of the molecule is C=CCN(C)C(=O)[C@H]1[C@H]2C(=O)N([C@@H](CO)[C@@H](C)CC)C(C(=O)N(CC=C)Cn3nnc4ccccc43)C23CC[C@]1(CC)O3. The van der Waals surface area contributed by atoms with Gasteiger partial charge >= 0.3 is 0 Å². The van der Waals surface area contributed by atoms with Gasteiger partial charge in [0.2, 0.25) is 17.7 Å². The smallest absolute Gasteiger partial charge is 0.250 e. The van der Waals surface area contributed by atoms with Gasteiger partial charge in [-0.05, 0) is 37.3 Å². The number of hydrogen-bond donors (Lipinski definition) is 1. The Bertz CT molecular complexity index is 1410. The van der Waals surface area contributed by atoms with Crippen molar-refractivity contribution in [2.24, 2.45) is 17.8 Å². The van der Waals surface area contributed by atoms with Gasteiger partial charge in [0, 0.05) is 20.1 Å². The van der Waals surface area contributed by atoms with Crippen LogP contribution in [-0.2, 0) is 25.8 Å². The van der Waals surface area contributed by atoms with Crippen molar-refractivity contribution in [2.45, 2.75) is 76.4 Å². The van der Waals surface area contributed by atoms with Gasteiger partial charge in [-0.3, -0.25) is 14.4 Å². The third-order valence-corrected chi connectivity index (χ3v) is 10.1. The molecule has 1 aromatic carbocycles. The Balaban J connectivity index is 1.62. The van der Waals surface area contributed by atoms with Gasteiger partial charge in [-0.2, -0.15) is 0 Å². The maximum atomic E-state index is 14.9. The van der Waals surface area contributed by atoms with E-state index < -0.39 is 35.1 Å². The first kappa shape index (κ1) is 30.9. The number of rotatable bonds is 13. The van der Waals surface area contributed by atoms with Crippen LogP contribution in [0.2, 0.25) is 0 Å². The number of likely N-dealkylation sites (tertiary alicyclic amines) is 1. The minimum absolute atomic E-state index is 0.0844. The minimum Gasteiger partial charge on any atom is -0.394 e. The number of aliphatic hydroxyl groups excluding tert-OH is 1. The number of aliphatic hydroxyl groups is 1. The molecule has 1 spiro atoms. The Morgan fingerprint density at radius 1 is 1.19 bits per heavy atom. The van der Waals surface area contributed by atoms with E-state index in [1.165, 1.54) is 0 Å². The molecule has 232 valence electrons. The molecular weight excluding hydrogens is 548 g/mol. The molecule has 2 bridgehead atoms. The molecule has 4 heterocycles. The average Bonchev–Trinajstić information content (AvgIpc) is 3.74. The lowest BCUT2D eigenvalue weighted by Gasteiger charge is -2.41. The monoisotopic (exact) mass is 592 g/mol. The summed E-state index contributed by atoms with van der Waals surface area (Å²) < 4.78 is 8.59. The van der Waals surface area contributed by atoms with E-state index in [-0.39, 0.29) is 43.5 Å². The van der Waals surface area contributed by atoms with Gasteiger partial charge in [0.05, 0.1) is 35.6 Å². The quantitative estimate of drug-likeness (QED) is 0.355. The Morgan fingerprint density at radius 2 is 1.91 bits per heavy atom. The van der Waals surface area contributed by atoms with Crippen LogP contribution in [0.25, 0.3) is 11.0 Å². The third-order valence-electron chi connectivity index (χ3n) is 10.1. The van der Waals surface area contributed by atoms with Crippen molar-refractivity contribution in [1.82, 2.24) is 29.7 Å². The Labute approximate surface area is 253 Å². The van der Waals surface area contributed by atoms with Crippen molar-refractivity contribution < 1.29 is 24.2 Å². The van der Waals surface area contributed by atoms with Crippen LogP contribution in [-0.4, -0.2) is 103 Å². The summed E-state index contributed by atoms with van der Waals surface area (Å²) in [4.78, 5) is 48.3. The van der Waals surface area contributed by atoms with Crippen LogP contribution in [0.1, 0.15) is 46.5 Å². The van der Waals surface area contributed by atoms with E-state index in [4.69, 9.17) is 4.74 Å². The van der Waals surface area contributed by atoms with Crippen LogP contribution >= 0.6 is 0 Å². The van der Waals surface area contributed by atoms with E-state index in [1.54, 1.807) is 38.6 Å². The minimum atomic E-state index is -1.20. The number of likely N-dealkylation sites (N-methyl/N-ethyl adjacent to an activating group) is 1. The number of nitrogens with zero attached hydrogens (tertiary/aromatic N) is 6. The van der Waals surface area contributed by atoms with Gasteiger partial charge in [0.15, 0.2) is 0 Å². The van der Waals surface area contributed by atoms with Crippen molar-refractivity contribution in [1.29, 1.82) is 0 Å². The van der Waals surface area contributed by atoms with Crippen LogP contribution in [0.4, 0.5) is 0 Å². The van der Waals surface area contributed by atoms with Crippen molar-refractivity contribution in [3.8, 4) is 0 Å². The van der Waals surface area contributed by atoms with E-state index in [9.17, 15) is 19.5 Å². The first-order chi connectivity index (χ1) is 20.6. The molecule has 2 aromatic rings. The van der Waals surface area contributed by atoms with Crippen LogP contribution in [0.5, 0.6) is 0 Å². The second kappa shape index (κ2) is 11.8. The van der Waals surface area contributed by atoms with E-state index in [1.807, 2.05) is 45.0 Å². The summed E-state index contributed by atoms with van der Waals surface area (Å²) in [5.74, 6) is -2.49. The van der Waals surface area contributed by atoms with Crippen LogP contribution in [0.15, 0.2) is 49.6 Å².